The highest BCUT2D eigenvalue weighted by molar-refractivity contribution is 7.89. The summed E-state index contributed by atoms with van der Waals surface area (Å²) in [4.78, 5) is 5.74. The number of hydrogen-bond acceptors (Lipinski definition) is 5. The molecule has 0 aliphatic rings. The molecule has 2 rings (SSSR count). The van der Waals surface area contributed by atoms with Crippen LogP contribution in [0.4, 0.5) is 0 Å². The molecule has 2 aromatic rings. The first kappa shape index (κ1) is 12.3. The van der Waals surface area contributed by atoms with Gasteiger partial charge in [-0.05, 0) is 20.8 Å². The Kier molecular flexibility index (Phi) is 2.84. The molecule has 17 heavy (non-hydrogen) atoms. The largest absolute Gasteiger partial charge is 0.444 e. The summed E-state index contributed by atoms with van der Waals surface area (Å²) in [5.41, 5.74) is 1.17. The van der Waals surface area contributed by atoms with Crippen LogP contribution < -0.4 is 5.14 Å². The fraction of sp³-hybridized carbons (Fsp3) is 0.300. The molecule has 5 nitrogen and oxygen atoms in total. The van der Waals surface area contributed by atoms with Crippen molar-refractivity contribution >= 4 is 21.4 Å². The van der Waals surface area contributed by atoms with Gasteiger partial charge in [0.25, 0.3) is 0 Å². The zero-order valence-corrected chi connectivity index (χ0v) is 11.3. The molecule has 2 heterocycles. The Balaban J connectivity index is 2.78. The molecule has 0 saturated heterocycles. The standard InChI is InChI=1S/C10H12N2O3S2/c1-5-4-15-10(12-5)8-6(2)16-7(3)9(8)17(11,13)14/h4H,1-3H3,(H2,11,13,14). The quantitative estimate of drug-likeness (QED) is 0.905. The Hall–Kier alpha value is -1.18. The maximum absolute atomic E-state index is 11.6. The average molecular weight is 272 g/mol. The van der Waals surface area contributed by atoms with Crippen molar-refractivity contribution in [1.29, 1.82) is 0 Å². The number of sulfonamides is 1. The molecule has 0 aromatic carbocycles. The minimum atomic E-state index is -3.77. The molecular weight excluding hydrogens is 260 g/mol. The van der Waals surface area contributed by atoms with E-state index in [2.05, 4.69) is 4.98 Å². The van der Waals surface area contributed by atoms with Gasteiger partial charge in [-0.1, -0.05) is 0 Å². The number of rotatable bonds is 2. The van der Waals surface area contributed by atoms with Gasteiger partial charge < -0.3 is 4.42 Å². The van der Waals surface area contributed by atoms with E-state index in [1.54, 1.807) is 13.8 Å². The third kappa shape index (κ3) is 2.13. The number of aromatic nitrogens is 1. The van der Waals surface area contributed by atoms with Gasteiger partial charge in [-0.3, -0.25) is 0 Å². The number of thiophene rings is 1. The van der Waals surface area contributed by atoms with Crippen molar-refractivity contribution in [3.05, 3.63) is 21.7 Å². The predicted molar refractivity (Wildman–Crippen MR) is 65.4 cm³/mol. The van der Waals surface area contributed by atoms with E-state index in [0.717, 1.165) is 4.88 Å². The first-order valence-electron chi connectivity index (χ1n) is 4.86. The minimum absolute atomic E-state index is 0.113. The predicted octanol–water partition coefficient (Wildman–Crippen LogP) is 1.98. The Morgan fingerprint density at radius 3 is 2.41 bits per heavy atom. The molecule has 0 radical (unpaired) electrons. The van der Waals surface area contributed by atoms with Crippen LogP contribution in [0.1, 0.15) is 15.4 Å². The first-order chi connectivity index (χ1) is 7.80. The summed E-state index contributed by atoms with van der Waals surface area (Å²) in [7, 11) is -3.77. The van der Waals surface area contributed by atoms with Crippen LogP contribution in [0, 0.1) is 20.8 Å². The number of nitrogens with two attached hydrogens (primary N) is 1. The lowest BCUT2D eigenvalue weighted by Crippen LogP contribution is -2.13. The van der Waals surface area contributed by atoms with Gasteiger partial charge in [0.1, 0.15) is 11.2 Å². The fourth-order valence-electron chi connectivity index (χ4n) is 1.72. The van der Waals surface area contributed by atoms with E-state index in [4.69, 9.17) is 9.56 Å². The van der Waals surface area contributed by atoms with E-state index in [1.165, 1.54) is 17.6 Å². The van der Waals surface area contributed by atoms with Crippen LogP contribution in [-0.4, -0.2) is 13.4 Å². The Bertz CT molecular complexity index is 668. The molecule has 92 valence electrons. The van der Waals surface area contributed by atoms with Crippen LogP contribution in [0.15, 0.2) is 15.6 Å². The van der Waals surface area contributed by atoms with E-state index >= 15 is 0 Å². The average Bonchev–Trinajstić information content (AvgIpc) is 2.68. The van der Waals surface area contributed by atoms with Crippen LogP contribution in [-0.2, 0) is 10.0 Å². The van der Waals surface area contributed by atoms with Gasteiger partial charge in [0.15, 0.2) is 0 Å². The lowest BCUT2D eigenvalue weighted by atomic mass is 10.2. The SMILES string of the molecule is Cc1coc(-c2c(C)sc(C)c2S(N)(=O)=O)n1. The molecule has 0 aliphatic heterocycles. The zero-order chi connectivity index (χ0) is 12.8. The molecule has 7 heteroatoms. The van der Waals surface area contributed by atoms with Gasteiger partial charge in [-0.15, -0.1) is 11.3 Å². The Morgan fingerprint density at radius 2 is 1.94 bits per heavy atom. The van der Waals surface area contributed by atoms with Gasteiger partial charge in [0, 0.05) is 9.75 Å². The zero-order valence-electron chi connectivity index (χ0n) is 9.64. The van der Waals surface area contributed by atoms with Gasteiger partial charge in [-0.2, -0.15) is 0 Å². The molecule has 0 amide bonds. The summed E-state index contributed by atoms with van der Waals surface area (Å²) in [6, 6.07) is 0. The van der Waals surface area contributed by atoms with E-state index in [9.17, 15) is 8.42 Å². The Labute approximate surface area is 103 Å². The van der Waals surface area contributed by atoms with E-state index in [0.29, 0.717) is 22.0 Å². The van der Waals surface area contributed by atoms with Crippen LogP contribution in [0.5, 0.6) is 0 Å². The summed E-state index contributed by atoms with van der Waals surface area (Å²) in [6.07, 6.45) is 1.48. The second-order valence-corrected chi connectivity index (χ2v) is 6.68. The molecule has 0 atom stereocenters. The van der Waals surface area contributed by atoms with Gasteiger partial charge in [-0.25, -0.2) is 18.5 Å². The molecule has 2 N–H and O–H groups in total. The number of oxazole rings is 1. The second-order valence-electron chi connectivity index (χ2n) is 3.76. The molecule has 0 aliphatic carbocycles. The maximum atomic E-state index is 11.6. The third-order valence-electron chi connectivity index (χ3n) is 2.32. The summed E-state index contributed by atoms with van der Waals surface area (Å²) in [5, 5.41) is 5.23. The van der Waals surface area contributed by atoms with Crippen molar-refractivity contribution < 1.29 is 12.8 Å². The van der Waals surface area contributed by atoms with Gasteiger partial charge in [0.2, 0.25) is 15.9 Å². The number of hydrogen-bond donors (Lipinski definition) is 1. The monoisotopic (exact) mass is 272 g/mol. The lowest BCUT2D eigenvalue weighted by Gasteiger charge is -2.00. The third-order valence-corrected chi connectivity index (χ3v) is 4.55. The first-order valence-corrected chi connectivity index (χ1v) is 7.22. The summed E-state index contributed by atoms with van der Waals surface area (Å²) >= 11 is 1.37. The minimum Gasteiger partial charge on any atom is -0.444 e. The normalized spacial score (nSPS) is 12.0. The molecule has 0 bridgehead atoms. The molecular formula is C10H12N2O3S2. The van der Waals surface area contributed by atoms with Crippen LogP contribution in [0.25, 0.3) is 11.5 Å². The van der Waals surface area contributed by atoms with Crippen molar-refractivity contribution in [3.8, 4) is 11.5 Å². The van der Waals surface area contributed by atoms with Gasteiger partial charge in [0.05, 0.1) is 11.3 Å². The lowest BCUT2D eigenvalue weighted by molar-refractivity contribution is 0.569. The van der Waals surface area contributed by atoms with Crippen molar-refractivity contribution in [3.63, 3.8) is 0 Å². The van der Waals surface area contributed by atoms with Crippen LogP contribution in [0.2, 0.25) is 0 Å². The van der Waals surface area contributed by atoms with E-state index in [-0.39, 0.29) is 4.90 Å². The summed E-state index contributed by atoms with van der Waals surface area (Å²) in [6.45, 7) is 5.32. The Morgan fingerprint density at radius 1 is 1.29 bits per heavy atom. The smallest absolute Gasteiger partial charge is 0.239 e. The van der Waals surface area contributed by atoms with E-state index < -0.39 is 10.0 Å². The van der Waals surface area contributed by atoms with Crippen LogP contribution in [0.3, 0.4) is 0 Å². The fourth-order valence-corrected chi connectivity index (χ4v) is 4.13. The highest BCUT2D eigenvalue weighted by atomic mass is 32.2. The van der Waals surface area contributed by atoms with Crippen molar-refractivity contribution in [2.75, 3.05) is 0 Å². The van der Waals surface area contributed by atoms with E-state index in [1.807, 2.05) is 6.92 Å². The molecule has 2 aromatic heterocycles. The molecule has 0 fully saturated rings. The van der Waals surface area contributed by atoms with Crippen molar-refractivity contribution in [2.45, 2.75) is 25.7 Å². The van der Waals surface area contributed by atoms with Gasteiger partial charge >= 0.3 is 0 Å². The molecule has 0 unspecified atom stereocenters. The van der Waals surface area contributed by atoms with Crippen molar-refractivity contribution in [1.82, 2.24) is 4.98 Å². The number of aryl methyl sites for hydroxylation is 3. The highest BCUT2D eigenvalue weighted by Crippen LogP contribution is 2.37. The molecule has 0 saturated carbocycles. The van der Waals surface area contributed by atoms with Crippen molar-refractivity contribution in [2.24, 2.45) is 5.14 Å². The topological polar surface area (TPSA) is 86.2 Å². The van der Waals surface area contributed by atoms with Crippen LogP contribution >= 0.6 is 11.3 Å². The molecule has 0 spiro atoms. The number of nitrogens with zero attached hydrogens (tertiary/aromatic N) is 1. The number of primary sulfonamides is 1. The maximum Gasteiger partial charge on any atom is 0.239 e. The highest BCUT2D eigenvalue weighted by Gasteiger charge is 2.25. The summed E-state index contributed by atoms with van der Waals surface area (Å²) < 4.78 is 28.4. The second kappa shape index (κ2) is 3.94. The summed E-state index contributed by atoms with van der Waals surface area (Å²) in [5.74, 6) is 0.299.